The third kappa shape index (κ3) is 2.27. The molecule has 0 amide bonds. The first-order valence-electron chi connectivity index (χ1n) is 3.64. The number of rotatable bonds is 2. The van der Waals surface area contributed by atoms with Gasteiger partial charge < -0.3 is 5.11 Å². The van der Waals surface area contributed by atoms with E-state index in [9.17, 15) is 0 Å². The van der Waals surface area contributed by atoms with Crippen LogP contribution in [0.1, 0.15) is 18.3 Å². The van der Waals surface area contributed by atoms with E-state index in [1.165, 1.54) is 0 Å². The maximum atomic E-state index is 9.06. The Bertz CT molecular complexity index is 235. The Hall–Kier alpha value is -0.960. The summed E-state index contributed by atoms with van der Waals surface area (Å²) >= 11 is 0. The Morgan fingerprint density at radius 1 is 1.45 bits per heavy atom. The van der Waals surface area contributed by atoms with Crippen LogP contribution >= 0.6 is 0 Å². The molecule has 3 heteroatoms. The second kappa shape index (κ2) is 3.44. The second-order valence-corrected chi connectivity index (χ2v) is 2.64. The highest BCUT2D eigenvalue weighted by Crippen LogP contribution is 2.02. The van der Waals surface area contributed by atoms with Crippen molar-refractivity contribution in [3.63, 3.8) is 0 Å². The Kier molecular flexibility index (Phi) is 2.54. The van der Waals surface area contributed by atoms with Crippen LogP contribution in [-0.2, 0) is 6.42 Å². The fourth-order valence-corrected chi connectivity index (χ4v) is 0.917. The summed E-state index contributed by atoms with van der Waals surface area (Å²) in [4.78, 5) is 8.15. The minimum atomic E-state index is -0.342. The van der Waals surface area contributed by atoms with Gasteiger partial charge >= 0.3 is 0 Å². The Balaban J connectivity index is 2.78. The predicted molar refractivity (Wildman–Crippen MR) is 42.2 cm³/mol. The first-order chi connectivity index (χ1) is 5.20. The van der Waals surface area contributed by atoms with Gasteiger partial charge in [-0.05, 0) is 13.8 Å². The smallest absolute Gasteiger partial charge is 0.0641 e. The van der Waals surface area contributed by atoms with Crippen molar-refractivity contribution in [2.75, 3.05) is 0 Å². The first-order valence-corrected chi connectivity index (χ1v) is 3.64. The number of nitrogens with zero attached hydrogens (tertiary/aromatic N) is 2. The molecule has 0 saturated heterocycles. The van der Waals surface area contributed by atoms with Crippen molar-refractivity contribution in [3.05, 3.63) is 23.8 Å². The molecule has 1 heterocycles. The molecular formula is C8H12N2O. The van der Waals surface area contributed by atoms with E-state index in [-0.39, 0.29) is 6.10 Å². The van der Waals surface area contributed by atoms with Crippen LogP contribution in [0.5, 0.6) is 0 Å². The van der Waals surface area contributed by atoms with E-state index >= 15 is 0 Å². The fraction of sp³-hybridized carbons (Fsp3) is 0.500. The van der Waals surface area contributed by atoms with E-state index in [4.69, 9.17) is 5.11 Å². The molecule has 1 aromatic rings. The van der Waals surface area contributed by atoms with E-state index in [0.717, 1.165) is 11.4 Å². The third-order valence-electron chi connectivity index (χ3n) is 1.47. The molecule has 1 N–H and O–H groups in total. The maximum Gasteiger partial charge on any atom is 0.0641 e. The summed E-state index contributed by atoms with van der Waals surface area (Å²) in [6, 6.07) is 0. The lowest BCUT2D eigenvalue weighted by atomic mass is 10.2. The van der Waals surface area contributed by atoms with Gasteiger partial charge in [0.15, 0.2) is 0 Å². The van der Waals surface area contributed by atoms with Crippen LogP contribution in [0.2, 0.25) is 0 Å². The summed E-state index contributed by atoms with van der Waals surface area (Å²) in [6.07, 6.45) is 3.54. The zero-order valence-electron chi connectivity index (χ0n) is 6.78. The summed E-state index contributed by atoms with van der Waals surface area (Å²) < 4.78 is 0. The van der Waals surface area contributed by atoms with Crippen LogP contribution in [0.3, 0.4) is 0 Å². The highest BCUT2D eigenvalue weighted by Gasteiger charge is 2.02. The van der Waals surface area contributed by atoms with Crippen molar-refractivity contribution < 1.29 is 5.11 Å². The largest absolute Gasteiger partial charge is 0.393 e. The molecule has 1 atom stereocenters. The summed E-state index contributed by atoms with van der Waals surface area (Å²) in [7, 11) is 0. The van der Waals surface area contributed by atoms with Crippen LogP contribution < -0.4 is 0 Å². The van der Waals surface area contributed by atoms with Crippen LogP contribution in [-0.4, -0.2) is 21.2 Å². The van der Waals surface area contributed by atoms with Gasteiger partial charge in [-0.15, -0.1) is 0 Å². The van der Waals surface area contributed by atoms with E-state index in [0.29, 0.717) is 6.42 Å². The van der Waals surface area contributed by atoms with Crippen LogP contribution in [0.15, 0.2) is 12.4 Å². The van der Waals surface area contributed by atoms with Gasteiger partial charge in [-0.2, -0.15) is 0 Å². The lowest BCUT2D eigenvalue weighted by Crippen LogP contribution is -2.08. The molecular weight excluding hydrogens is 140 g/mol. The Morgan fingerprint density at radius 2 is 2.09 bits per heavy atom. The molecule has 0 aliphatic rings. The molecule has 1 aromatic heterocycles. The summed E-state index contributed by atoms with van der Waals surface area (Å²) in [5.41, 5.74) is 1.77. The molecule has 0 saturated carbocycles. The Labute approximate surface area is 66.1 Å². The molecule has 11 heavy (non-hydrogen) atoms. The zero-order chi connectivity index (χ0) is 8.27. The number of hydrogen-bond donors (Lipinski definition) is 1. The summed E-state index contributed by atoms with van der Waals surface area (Å²) in [5.74, 6) is 0. The molecule has 60 valence electrons. The predicted octanol–water partition coefficient (Wildman–Crippen LogP) is 0.708. The standard InChI is InChI=1S/C8H12N2O/c1-6(11)5-8-7(2)9-3-4-10-8/h3-4,6,11H,5H2,1-2H3/t6-/m1/s1. The van der Waals surface area contributed by atoms with Crippen LogP contribution in [0.25, 0.3) is 0 Å². The van der Waals surface area contributed by atoms with Crippen molar-refractivity contribution in [1.82, 2.24) is 9.97 Å². The molecule has 0 unspecified atom stereocenters. The fourth-order valence-electron chi connectivity index (χ4n) is 0.917. The number of hydrogen-bond acceptors (Lipinski definition) is 3. The van der Waals surface area contributed by atoms with Gasteiger partial charge in [-0.1, -0.05) is 0 Å². The van der Waals surface area contributed by atoms with Gasteiger partial charge in [0.1, 0.15) is 0 Å². The minimum absolute atomic E-state index is 0.342. The van der Waals surface area contributed by atoms with Gasteiger partial charge in [0, 0.05) is 18.8 Å². The first kappa shape index (κ1) is 8.14. The highest BCUT2D eigenvalue weighted by atomic mass is 16.3. The number of aliphatic hydroxyl groups is 1. The topological polar surface area (TPSA) is 46.0 Å². The Morgan fingerprint density at radius 3 is 2.64 bits per heavy atom. The molecule has 0 aliphatic heterocycles. The lowest BCUT2D eigenvalue weighted by Gasteiger charge is -2.04. The third-order valence-corrected chi connectivity index (χ3v) is 1.47. The number of aryl methyl sites for hydroxylation is 1. The minimum Gasteiger partial charge on any atom is -0.393 e. The van der Waals surface area contributed by atoms with Gasteiger partial charge in [0.2, 0.25) is 0 Å². The molecule has 3 nitrogen and oxygen atoms in total. The van der Waals surface area contributed by atoms with Gasteiger partial charge in [-0.3, -0.25) is 9.97 Å². The molecule has 1 rings (SSSR count). The van der Waals surface area contributed by atoms with E-state index in [1.807, 2.05) is 6.92 Å². The lowest BCUT2D eigenvalue weighted by molar-refractivity contribution is 0.194. The van der Waals surface area contributed by atoms with Gasteiger partial charge in [0.05, 0.1) is 17.5 Å². The van der Waals surface area contributed by atoms with Crippen molar-refractivity contribution in [1.29, 1.82) is 0 Å². The van der Waals surface area contributed by atoms with E-state index in [1.54, 1.807) is 19.3 Å². The van der Waals surface area contributed by atoms with Crippen LogP contribution in [0.4, 0.5) is 0 Å². The highest BCUT2D eigenvalue weighted by molar-refractivity contribution is 5.08. The monoisotopic (exact) mass is 152 g/mol. The normalized spacial score (nSPS) is 13.0. The van der Waals surface area contributed by atoms with E-state index < -0.39 is 0 Å². The second-order valence-electron chi connectivity index (χ2n) is 2.64. The number of aliphatic hydroxyl groups excluding tert-OH is 1. The van der Waals surface area contributed by atoms with Crippen molar-refractivity contribution in [3.8, 4) is 0 Å². The quantitative estimate of drug-likeness (QED) is 0.678. The zero-order valence-corrected chi connectivity index (χ0v) is 6.78. The molecule has 0 aromatic carbocycles. The molecule has 0 radical (unpaired) electrons. The van der Waals surface area contributed by atoms with E-state index in [2.05, 4.69) is 9.97 Å². The van der Waals surface area contributed by atoms with Crippen molar-refractivity contribution in [2.24, 2.45) is 0 Å². The van der Waals surface area contributed by atoms with Gasteiger partial charge in [-0.25, -0.2) is 0 Å². The summed E-state index contributed by atoms with van der Waals surface area (Å²) in [6.45, 7) is 3.64. The van der Waals surface area contributed by atoms with Crippen LogP contribution in [0, 0.1) is 6.92 Å². The average molecular weight is 152 g/mol. The molecule has 0 aliphatic carbocycles. The molecule has 0 bridgehead atoms. The van der Waals surface area contributed by atoms with Crippen molar-refractivity contribution >= 4 is 0 Å². The van der Waals surface area contributed by atoms with Gasteiger partial charge in [0.25, 0.3) is 0 Å². The average Bonchev–Trinajstić information content (AvgIpc) is 1.93. The molecule has 0 fully saturated rings. The SMILES string of the molecule is Cc1nccnc1C[C@@H](C)O. The maximum absolute atomic E-state index is 9.06. The summed E-state index contributed by atoms with van der Waals surface area (Å²) in [5, 5.41) is 9.06. The molecule has 0 spiro atoms. The number of aromatic nitrogens is 2. The van der Waals surface area contributed by atoms with Crippen molar-refractivity contribution in [2.45, 2.75) is 26.4 Å².